The van der Waals surface area contributed by atoms with Crippen LogP contribution in [0, 0.1) is 0 Å². The summed E-state index contributed by atoms with van der Waals surface area (Å²) in [5, 5.41) is 3.88. The number of nitrogens with one attached hydrogen (secondary N) is 1. The van der Waals surface area contributed by atoms with Crippen molar-refractivity contribution >= 4 is 32.7 Å². The molecule has 1 N–H and O–H groups in total. The van der Waals surface area contributed by atoms with Crippen molar-refractivity contribution in [2.45, 2.75) is 26.8 Å². The lowest BCUT2D eigenvalue weighted by molar-refractivity contribution is -0.119. The van der Waals surface area contributed by atoms with Crippen LogP contribution in [0.1, 0.15) is 32.4 Å². The molecule has 1 unspecified atom stereocenters. The highest BCUT2D eigenvalue weighted by atomic mass is 79.9. The Balaban J connectivity index is 1.80. The number of pyridine rings is 1. The topological polar surface area (TPSA) is 60.5 Å². The molecule has 6 heteroatoms. The molecular formula is C21H21BrN2O3. The fraction of sp³-hybridized carbons (Fsp3) is 0.238. The predicted molar refractivity (Wildman–Crippen MR) is 109 cm³/mol. The van der Waals surface area contributed by atoms with Crippen molar-refractivity contribution in [1.82, 2.24) is 10.3 Å². The van der Waals surface area contributed by atoms with Gasteiger partial charge in [-0.3, -0.25) is 4.79 Å². The molecule has 0 aliphatic rings. The third kappa shape index (κ3) is 4.77. The lowest BCUT2D eigenvalue weighted by Gasteiger charge is -2.14. The van der Waals surface area contributed by atoms with Crippen molar-refractivity contribution in [1.29, 1.82) is 0 Å². The van der Waals surface area contributed by atoms with E-state index in [0.29, 0.717) is 18.2 Å². The first-order valence-corrected chi connectivity index (χ1v) is 9.53. The van der Waals surface area contributed by atoms with Crippen LogP contribution in [0.25, 0.3) is 10.9 Å². The second-order valence-electron chi connectivity index (χ2n) is 6.15. The van der Waals surface area contributed by atoms with E-state index < -0.39 is 0 Å². The first-order valence-electron chi connectivity index (χ1n) is 8.74. The standard InChI is InChI=1S/C21H21BrN2O3/c1-4-26-20-9-7-17(12-18(20)22)27-21-10-6-16-11-15(5-8-19(16)24-21)13(2)23-14(3)25/h5-13H,4H2,1-3H3,(H,23,25). The summed E-state index contributed by atoms with van der Waals surface area (Å²) in [6.45, 7) is 6.02. The molecule has 1 aromatic heterocycles. The van der Waals surface area contributed by atoms with E-state index in [9.17, 15) is 4.79 Å². The molecule has 0 radical (unpaired) electrons. The van der Waals surface area contributed by atoms with Gasteiger partial charge in [0.25, 0.3) is 0 Å². The van der Waals surface area contributed by atoms with Crippen LogP contribution in [0.5, 0.6) is 17.4 Å². The summed E-state index contributed by atoms with van der Waals surface area (Å²) in [6.07, 6.45) is 0. The van der Waals surface area contributed by atoms with Gasteiger partial charge in [0.05, 0.1) is 22.6 Å². The average molecular weight is 429 g/mol. The van der Waals surface area contributed by atoms with Gasteiger partial charge in [-0.25, -0.2) is 4.98 Å². The summed E-state index contributed by atoms with van der Waals surface area (Å²) in [7, 11) is 0. The number of hydrogen-bond donors (Lipinski definition) is 1. The first-order chi connectivity index (χ1) is 13.0. The number of carbonyl (C=O) groups excluding carboxylic acids is 1. The second kappa shape index (κ2) is 8.39. The van der Waals surface area contributed by atoms with Crippen LogP contribution in [0.3, 0.4) is 0 Å². The number of rotatable bonds is 6. The number of aromatic nitrogens is 1. The summed E-state index contributed by atoms with van der Waals surface area (Å²) in [4.78, 5) is 15.8. The van der Waals surface area contributed by atoms with Gasteiger partial charge in [-0.05, 0) is 71.7 Å². The highest BCUT2D eigenvalue weighted by Crippen LogP contribution is 2.31. The smallest absolute Gasteiger partial charge is 0.219 e. The fourth-order valence-electron chi connectivity index (χ4n) is 2.78. The molecule has 140 valence electrons. The van der Waals surface area contributed by atoms with Gasteiger partial charge < -0.3 is 14.8 Å². The van der Waals surface area contributed by atoms with Crippen LogP contribution in [-0.2, 0) is 4.79 Å². The minimum atomic E-state index is -0.0518. The minimum Gasteiger partial charge on any atom is -0.493 e. The Morgan fingerprint density at radius 1 is 1.19 bits per heavy atom. The molecule has 0 bridgehead atoms. The zero-order chi connectivity index (χ0) is 19.4. The Bertz CT molecular complexity index is 975. The van der Waals surface area contributed by atoms with Crippen LogP contribution < -0.4 is 14.8 Å². The zero-order valence-electron chi connectivity index (χ0n) is 15.5. The molecule has 27 heavy (non-hydrogen) atoms. The molecule has 1 atom stereocenters. The number of nitrogens with zero attached hydrogens (tertiary/aromatic N) is 1. The monoisotopic (exact) mass is 428 g/mol. The summed E-state index contributed by atoms with van der Waals surface area (Å²) in [5.74, 6) is 1.91. The maximum absolute atomic E-state index is 11.2. The Kier molecular flexibility index (Phi) is 5.96. The maximum Gasteiger partial charge on any atom is 0.219 e. The Morgan fingerprint density at radius 3 is 2.70 bits per heavy atom. The largest absolute Gasteiger partial charge is 0.493 e. The quantitative estimate of drug-likeness (QED) is 0.571. The van der Waals surface area contributed by atoms with Crippen LogP contribution in [0.15, 0.2) is 53.0 Å². The number of ether oxygens (including phenoxy) is 2. The zero-order valence-corrected chi connectivity index (χ0v) is 17.0. The second-order valence-corrected chi connectivity index (χ2v) is 7.01. The molecule has 0 fully saturated rings. The third-order valence-electron chi connectivity index (χ3n) is 4.03. The highest BCUT2D eigenvalue weighted by molar-refractivity contribution is 9.10. The van der Waals surface area contributed by atoms with E-state index in [2.05, 4.69) is 26.2 Å². The Labute approximate surface area is 166 Å². The number of benzene rings is 2. The number of amides is 1. The van der Waals surface area contributed by atoms with Gasteiger partial charge >= 0.3 is 0 Å². The van der Waals surface area contributed by atoms with Crippen LogP contribution in [-0.4, -0.2) is 17.5 Å². The minimum absolute atomic E-state index is 0.0500. The van der Waals surface area contributed by atoms with Crippen molar-refractivity contribution < 1.29 is 14.3 Å². The van der Waals surface area contributed by atoms with E-state index in [0.717, 1.165) is 26.7 Å². The van der Waals surface area contributed by atoms with Crippen LogP contribution in [0.2, 0.25) is 0 Å². The van der Waals surface area contributed by atoms with Gasteiger partial charge in [0, 0.05) is 18.4 Å². The summed E-state index contributed by atoms with van der Waals surface area (Å²) < 4.78 is 12.2. The van der Waals surface area contributed by atoms with Gasteiger partial charge in [-0.2, -0.15) is 0 Å². The predicted octanol–water partition coefficient (Wildman–Crippen LogP) is 5.39. The van der Waals surface area contributed by atoms with Crippen molar-refractivity contribution in [3.05, 3.63) is 58.6 Å². The third-order valence-corrected chi connectivity index (χ3v) is 4.65. The lowest BCUT2D eigenvalue weighted by atomic mass is 10.1. The van der Waals surface area contributed by atoms with Gasteiger partial charge in [0.2, 0.25) is 11.8 Å². The van der Waals surface area contributed by atoms with Gasteiger partial charge in [-0.15, -0.1) is 0 Å². The molecule has 1 amide bonds. The van der Waals surface area contributed by atoms with E-state index in [1.165, 1.54) is 6.92 Å². The molecule has 3 rings (SSSR count). The molecule has 3 aromatic rings. The molecule has 2 aromatic carbocycles. The Morgan fingerprint density at radius 2 is 2.00 bits per heavy atom. The Hall–Kier alpha value is -2.60. The van der Waals surface area contributed by atoms with Crippen LogP contribution >= 0.6 is 15.9 Å². The number of hydrogen-bond acceptors (Lipinski definition) is 4. The molecule has 5 nitrogen and oxygen atoms in total. The fourth-order valence-corrected chi connectivity index (χ4v) is 3.25. The SMILES string of the molecule is CCOc1ccc(Oc2ccc3cc(C(C)NC(C)=O)ccc3n2)cc1Br. The van der Waals surface area contributed by atoms with E-state index in [4.69, 9.17) is 9.47 Å². The number of halogens is 1. The highest BCUT2D eigenvalue weighted by Gasteiger charge is 2.09. The van der Waals surface area contributed by atoms with Crippen molar-refractivity contribution in [3.8, 4) is 17.4 Å². The van der Waals surface area contributed by atoms with Crippen molar-refractivity contribution in [3.63, 3.8) is 0 Å². The number of fused-ring (bicyclic) bond motifs is 1. The summed E-state index contributed by atoms with van der Waals surface area (Å²) in [5.41, 5.74) is 1.86. The molecule has 0 aliphatic heterocycles. The molecule has 0 aliphatic carbocycles. The molecule has 0 saturated heterocycles. The van der Waals surface area contributed by atoms with Crippen molar-refractivity contribution in [2.24, 2.45) is 0 Å². The van der Waals surface area contributed by atoms with Gasteiger partial charge in [0.15, 0.2) is 0 Å². The lowest BCUT2D eigenvalue weighted by Crippen LogP contribution is -2.23. The molecule has 0 spiro atoms. The van der Waals surface area contributed by atoms with E-state index in [1.54, 1.807) is 0 Å². The average Bonchev–Trinajstić information content (AvgIpc) is 2.63. The summed E-state index contributed by atoms with van der Waals surface area (Å²) >= 11 is 3.48. The maximum atomic E-state index is 11.2. The molecule has 1 heterocycles. The summed E-state index contributed by atoms with van der Waals surface area (Å²) in [6, 6.07) is 15.2. The number of carbonyl (C=O) groups is 1. The van der Waals surface area contributed by atoms with E-state index in [1.807, 2.05) is 62.4 Å². The van der Waals surface area contributed by atoms with Gasteiger partial charge in [0.1, 0.15) is 11.5 Å². The van der Waals surface area contributed by atoms with Crippen LogP contribution in [0.4, 0.5) is 0 Å². The van der Waals surface area contributed by atoms with Gasteiger partial charge in [-0.1, -0.05) is 6.07 Å². The van der Waals surface area contributed by atoms with E-state index in [-0.39, 0.29) is 11.9 Å². The normalized spacial score (nSPS) is 11.9. The molecular weight excluding hydrogens is 408 g/mol. The molecule has 0 saturated carbocycles. The van der Waals surface area contributed by atoms with Crippen molar-refractivity contribution in [2.75, 3.05) is 6.61 Å². The first kappa shape index (κ1) is 19.2. The van der Waals surface area contributed by atoms with E-state index >= 15 is 0 Å².